The van der Waals surface area contributed by atoms with Gasteiger partial charge in [0.2, 0.25) is 5.91 Å². The fraction of sp³-hybridized carbons (Fsp3) is 0.636. The monoisotopic (exact) mass is 238 g/mol. The van der Waals surface area contributed by atoms with Crippen LogP contribution < -0.4 is 10.6 Å². The van der Waals surface area contributed by atoms with Crippen LogP contribution in [0.5, 0.6) is 0 Å². The Morgan fingerprint density at radius 2 is 2.47 bits per heavy atom. The number of likely N-dealkylation sites (N-methyl/N-ethyl adjacent to an activating group) is 1. The maximum Gasteiger partial charge on any atom is 0.227 e. The lowest BCUT2D eigenvalue weighted by atomic mass is 10.0. The number of aryl methyl sites for hydroxylation is 1. The molecule has 0 aliphatic carbocycles. The molecule has 2 heterocycles. The predicted octanol–water partition coefficient (Wildman–Crippen LogP) is -0.729. The van der Waals surface area contributed by atoms with Crippen LogP contribution in [-0.2, 0) is 23.1 Å². The largest absolute Gasteiger partial charge is 0.379 e. The van der Waals surface area contributed by atoms with Crippen LogP contribution in [0.2, 0.25) is 0 Å². The van der Waals surface area contributed by atoms with E-state index in [2.05, 4.69) is 15.7 Å². The third-order valence-electron chi connectivity index (χ3n) is 3.15. The third-order valence-corrected chi connectivity index (χ3v) is 3.15. The number of hydrogen-bond acceptors (Lipinski definition) is 4. The van der Waals surface area contributed by atoms with Crippen molar-refractivity contribution in [3.05, 3.63) is 18.0 Å². The molecule has 2 unspecified atom stereocenters. The Labute approximate surface area is 100 Å². The molecule has 0 bridgehead atoms. The smallest absolute Gasteiger partial charge is 0.227 e. The molecule has 1 fully saturated rings. The number of carbonyl (C=O) groups excluding carboxylic acids is 1. The van der Waals surface area contributed by atoms with E-state index >= 15 is 0 Å². The minimum absolute atomic E-state index is 0.0306. The normalized spacial score (nSPS) is 23.9. The molecule has 6 heteroatoms. The summed E-state index contributed by atoms with van der Waals surface area (Å²) in [4.78, 5) is 12.0. The van der Waals surface area contributed by atoms with Crippen molar-refractivity contribution in [1.82, 2.24) is 20.4 Å². The summed E-state index contributed by atoms with van der Waals surface area (Å²) in [5.41, 5.74) is 0.985. The van der Waals surface area contributed by atoms with E-state index in [1.165, 1.54) is 0 Å². The summed E-state index contributed by atoms with van der Waals surface area (Å²) in [5, 5.41) is 10.1. The molecule has 1 amide bonds. The van der Waals surface area contributed by atoms with Crippen LogP contribution in [0.4, 0.5) is 0 Å². The second kappa shape index (κ2) is 5.29. The first-order valence-corrected chi connectivity index (χ1v) is 5.72. The van der Waals surface area contributed by atoms with Crippen LogP contribution in [0.3, 0.4) is 0 Å². The molecule has 1 aromatic heterocycles. The van der Waals surface area contributed by atoms with Crippen molar-refractivity contribution in [2.24, 2.45) is 13.0 Å². The third kappa shape index (κ3) is 2.65. The lowest BCUT2D eigenvalue weighted by molar-refractivity contribution is -0.125. The van der Waals surface area contributed by atoms with Gasteiger partial charge < -0.3 is 15.4 Å². The molecular formula is C11H18N4O2. The molecule has 2 N–H and O–H groups in total. The molecular weight excluding hydrogens is 220 g/mol. The number of amides is 1. The summed E-state index contributed by atoms with van der Waals surface area (Å²) < 4.78 is 7.05. The minimum atomic E-state index is -0.103. The van der Waals surface area contributed by atoms with E-state index in [-0.39, 0.29) is 17.9 Å². The summed E-state index contributed by atoms with van der Waals surface area (Å²) >= 11 is 0. The second-order valence-electron chi connectivity index (χ2n) is 4.20. The van der Waals surface area contributed by atoms with Crippen molar-refractivity contribution in [3.8, 4) is 0 Å². The molecule has 1 aliphatic heterocycles. The van der Waals surface area contributed by atoms with Crippen LogP contribution in [-0.4, -0.2) is 42.0 Å². The molecule has 1 aromatic rings. The average Bonchev–Trinajstić information content (AvgIpc) is 2.94. The maximum atomic E-state index is 12.0. The molecule has 2 atom stereocenters. The van der Waals surface area contributed by atoms with Crippen LogP contribution >= 0.6 is 0 Å². The van der Waals surface area contributed by atoms with E-state index in [0.29, 0.717) is 19.8 Å². The van der Waals surface area contributed by atoms with Crippen LogP contribution in [0.15, 0.2) is 12.3 Å². The first-order chi connectivity index (χ1) is 8.22. The maximum absolute atomic E-state index is 12.0. The van der Waals surface area contributed by atoms with Gasteiger partial charge in [0.25, 0.3) is 0 Å². The fourth-order valence-electron chi connectivity index (χ4n) is 1.98. The minimum Gasteiger partial charge on any atom is -0.379 e. The van der Waals surface area contributed by atoms with E-state index < -0.39 is 0 Å². The Balaban J connectivity index is 1.87. The Bertz CT molecular complexity index is 391. The van der Waals surface area contributed by atoms with Crippen molar-refractivity contribution < 1.29 is 9.53 Å². The molecule has 17 heavy (non-hydrogen) atoms. The van der Waals surface area contributed by atoms with Crippen LogP contribution in [0.25, 0.3) is 0 Å². The molecule has 0 saturated carbocycles. The number of nitrogens with zero attached hydrogens (tertiary/aromatic N) is 2. The SMILES string of the molecule is CNC1COCC1C(=O)NCc1ccnn1C. The van der Waals surface area contributed by atoms with E-state index in [4.69, 9.17) is 4.74 Å². The van der Waals surface area contributed by atoms with Crippen molar-refractivity contribution in [2.75, 3.05) is 20.3 Å². The second-order valence-corrected chi connectivity index (χ2v) is 4.20. The average molecular weight is 238 g/mol. The number of ether oxygens (including phenoxy) is 1. The number of rotatable bonds is 4. The quantitative estimate of drug-likeness (QED) is 0.726. The van der Waals surface area contributed by atoms with Gasteiger partial charge in [-0.15, -0.1) is 0 Å². The van der Waals surface area contributed by atoms with Gasteiger partial charge in [-0.2, -0.15) is 5.10 Å². The van der Waals surface area contributed by atoms with Gasteiger partial charge in [-0.25, -0.2) is 0 Å². The Morgan fingerprint density at radius 1 is 1.65 bits per heavy atom. The fourth-order valence-corrected chi connectivity index (χ4v) is 1.98. The highest BCUT2D eigenvalue weighted by Gasteiger charge is 2.32. The van der Waals surface area contributed by atoms with Gasteiger partial charge in [-0.05, 0) is 13.1 Å². The van der Waals surface area contributed by atoms with E-state index in [9.17, 15) is 4.79 Å². The van der Waals surface area contributed by atoms with E-state index in [1.54, 1.807) is 10.9 Å². The summed E-state index contributed by atoms with van der Waals surface area (Å²) in [6.45, 7) is 1.59. The molecule has 0 aromatic carbocycles. The lowest BCUT2D eigenvalue weighted by Crippen LogP contribution is -2.42. The number of nitrogens with one attached hydrogen (secondary N) is 2. The standard InChI is InChI=1S/C11H18N4O2/c1-12-10-7-17-6-9(10)11(16)13-5-8-3-4-14-15(8)2/h3-4,9-10,12H,5-7H2,1-2H3,(H,13,16). The first-order valence-electron chi connectivity index (χ1n) is 5.72. The Hall–Kier alpha value is -1.40. The number of carbonyl (C=O) groups is 1. The first kappa shape index (κ1) is 12.1. The molecule has 1 saturated heterocycles. The highest BCUT2D eigenvalue weighted by molar-refractivity contribution is 5.79. The van der Waals surface area contributed by atoms with Crippen molar-refractivity contribution >= 4 is 5.91 Å². The van der Waals surface area contributed by atoms with Crippen LogP contribution in [0, 0.1) is 5.92 Å². The van der Waals surface area contributed by atoms with Gasteiger partial charge in [-0.3, -0.25) is 9.48 Å². The van der Waals surface area contributed by atoms with Gasteiger partial charge in [0.05, 0.1) is 31.4 Å². The zero-order valence-corrected chi connectivity index (χ0v) is 10.1. The number of hydrogen-bond donors (Lipinski definition) is 2. The van der Waals surface area contributed by atoms with Crippen molar-refractivity contribution in [1.29, 1.82) is 0 Å². The molecule has 0 radical (unpaired) electrons. The Morgan fingerprint density at radius 3 is 3.12 bits per heavy atom. The molecule has 2 rings (SSSR count). The van der Waals surface area contributed by atoms with E-state index in [1.807, 2.05) is 20.2 Å². The van der Waals surface area contributed by atoms with Gasteiger partial charge in [-0.1, -0.05) is 0 Å². The number of aromatic nitrogens is 2. The Kier molecular flexibility index (Phi) is 3.75. The van der Waals surface area contributed by atoms with Gasteiger partial charge in [0.1, 0.15) is 0 Å². The zero-order valence-electron chi connectivity index (χ0n) is 10.1. The van der Waals surface area contributed by atoms with Crippen LogP contribution in [0.1, 0.15) is 5.69 Å². The molecule has 94 valence electrons. The van der Waals surface area contributed by atoms with Gasteiger partial charge >= 0.3 is 0 Å². The topological polar surface area (TPSA) is 68.2 Å². The van der Waals surface area contributed by atoms with Crippen molar-refractivity contribution in [2.45, 2.75) is 12.6 Å². The van der Waals surface area contributed by atoms with Crippen molar-refractivity contribution in [3.63, 3.8) is 0 Å². The lowest BCUT2D eigenvalue weighted by Gasteiger charge is -2.16. The summed E-state index contributed by atoms with van der Waals surface area (Å²) in [5.74, 6) is -0.0729. The highest BCUT2D eigenvalue weighted by atomic mass is 16.5. The molecule has 1 aliphatic rings. The summed E-state index contributed by atoms with van der Waals surface area (Å²) in [6.07, 6.45) is 1.72. The molecule has 0 spiro atoms. The highest BCUT2D eigenvalue weighted by Crippen LogP contribution is 2.13. The predicted molar refractivity (Wildman–Crippen MR) is 62.2 cm³/mol. The van der Waals surface area contributed by atoms with E-state index in [0.717, 1.165) is 5.69 Å². The summed E-state index contributed by atoms with van der Waals surface area (Å²) in [6, 6.07) is 2.00. The van der Waals surface area contributed by atoms with Gasteiger partial charge in [0.15, 0.2) is 0 Å². The van der Waals surface area contributed by atoms with Gasteiger partial charge in [0, 0.05) is 19.3 Å². The zero-order chi connectivity index (χ0) is 12.3. The molecule has 6 nitrogen and oxygen atoms in total. The summed E-state index contributed by atoms with van der Waals surface area (Å²) in [7, 11) is 3.71.